The summed E-state index contributed by atoms with van der Waals surface area (Å²) in [4.78, 5) is 12.1. The van der Waals surface area contributed by atoms with Crippen LogP contribution in [0.25, 0.3) is 0 Å². The molecule has 3 rings (SSSR count). The molecule has 0 bridgehead atoms. The zero-order valence-corrected chi connectivity index (χ0v) is 14.8. The average molecular weight is 348 g/mol. The molecule has 0 saturated heterocycles. The number of carbonyl (C=O) groups is 1. The fourth-order valence-corrected chi connectivity index (χ4v) is 2.93. The fourth-order valence-electron chi connectivity index (χ4n) is 2.93. The van der Waals surface area contributed by atoms with Gasteiger partial charge in [0.2, 0.25) is 5.91 Å². The number of hydrogen-bond acceptors (Lipinski definition) is 3. The van der Waals surface area contributed by atoms with Crippen molar-refractivity contribution in [2.75, 3.05) is 11.9 Å². The van der Waals surface area contributed by atoms with Crippen LogP contribution in [-0.2, 0) is 17.9 Å². The normalized spacial score (nSPS) is 13.5. The number of amides is 1. The summed E-state index contributed by atoms with van der Waals surface area (Å²) in [5.41, 5.74) is 3.05. The maximum absolute atomic E-state index is 12.1. The van der Waals surface area contributed by atoms with Crippen LogP contribution in [0.3, 0.4) is 0 Å². The molecule has 1 saturated carbocycles. The second kappa shape index (κ2) is 9.07. The topological polar surface area (TPSA) is 50.4 Å². The molecule has 1 fully saturated rings. The van der Waals surface area contributed by atoms with Crippen LogP contribution >= 0.6 is 0 Å². The highest BCUT2D eigenvalue weighted by Gasteiger charge is 2.25. The Balaban J connectivity index is 1.53. The van der Waals surface area contributed by atoms with Crippen molar-refractivity contribution in [1.82, 2.24) is 5.32 Å². The molecule has 4 nitrogen and oxygen atoms in total. The monoisotopic (exact) mass is 348 g/mol. The van der Waals surface area contributed by atoms with Gasteiger partial charge in [0.05, 0.1) is 0 Å². The van der Waals surface area contributed by atoms with E-state index in [-0.39, 0.29) is 18.4 Å². The summed E-state index contributed by atoms with van der Waals surface area (Å²) < 4.78 is 5.57. The Morgan fingerprint density at radius 2 is 2.00 bits per heavy atom. The van der Waals surface area contributed by atoms with E-state index in [0.717, 1.165) is 41.8 Å². The molecule has 1 amide bonds. The molecule has 4 heteroatoms. The Bertz CT molecular complexity index is 791. The molecule has 0 aromatic heterocycles. The Morgan fingerprint density at radius 1 is 1.15 bits per heavy atom. The molecule has 2 N–H and O–H groups in total. The van der Waals surface area contributed by atoms with Crippen molar-refractivity contribution in [2.45, 2.75) is 32.4 Å². The highest BCUT2D eigenvalue weighted by Crippen LogP contribution is 2.27. The SMILES string of the molecule is C#CCOc1ccccc1CNCc1cccc(NC(=O)C2CCC2)c1. The summed E-state index contributed by atoms with van der Waals surface area (Å²) in [6, 6.07) is 15.8. The molecule has 0 heterocycles. The first kappa shape index (κ1) is 18.0. The largest absolute Gasteiger partial charge is 0.481 e. The zero-order chi connectivity index (χ0) is 18.2. The van der Waals surface area contributed by atoms with Gasteiger partial charge in [-0.05, 0) is 36.6 Å². The first-order valence-corrected chi connectivity index (χ1v) is 9.01. The standard InChI is InChI=1S/C22H24N2O2/c1-2-13-26-21-12-4-3-8-19(21)16-23-15-17-7-5-11-20(14-17)24-22(25)18-9-6-10-18/h1,3-5,7-8,11-12,14,18,23H,6,9-10,13,15-16H2,(H,24,25). The van der Waals surface area contributed by atoms with Crippen LogP contribution in [0.2, 0.25) is 0 Å². The molecule has 1 aliphatic carbocycles. The Kier molecular flexibility index (Phi) is 6.29. The van der Waals surface area contributed by atoms with Crippen LogP contribution in [-0.4, -0.2) is 12.5 Å². The van der Waals surface area contributed by atoms with Crippen molar-refractivity contribution >= 4 is 11.6 Å². The second-order valence-corrected chi connectivity index (χ2v) is 6.52. The number of benzene rings is 2. The quantitative estimate of drug-likeness (QED) is 0.715. The summed E-state index contributed by atoms with van der Waals surface area (Å²) in [7, 11) is 0. The third-order valence-corrected chi connectivity index (χ3v) is 4.60. The number of ether oxygens (including phenoxy) is 1. The van der Waals surface area contributed by atoms with Gasteiger partial charge >= 0.3 is 0 Å². The summed E-state index contributed by atoms with van der Waals surface area (Å²) >= 11 is 0. The van der Waals surface area contributed by atoms with Crippen molar-refractivity contribution in [3.05, 3.63) is 59.7 Å². The van der Waals surface area contributed by atoms with E-state index in [4.69, 9.17) is 11.2 Å². The summed E-state index contributed by atoms with van der Waals surface area (Å²) in [5.74, 6) is 3.62. The van der Waals surface area contributed by atoms with Crippen molar-refractivity contribution in [2.24, 2.45) is 5.92 Å². The molecule has 1 aliphatic rings. The van der Waals surface area contributed by atoms with Crippen LogP contribution in [0.1, 0.15) is 30.4 Å². The average Bonchev–Trinajstić information content (AvgIpc) is 2.59. The van der Waals surface area contributed by atoms with E-state index in [2.05, 4.69) is 16.6 Å². The predicted molar refractivity (Wildman–Crippen MR) is 104 cm³/mol. The molecule has 0 radical (unpaired) electrons. The molecule has 0 aliphatic heterocycles. The van der Waals surface area contributed by atoms with Gasteiger partial charge in [-0.3, -0.25) is 4.79 Å². The highest BCUT2D eigenvalue weighted by atomic mass is 16.5. The van der Waals surface area contributed by atoms with E-state index in [1.54, 1.807) is 0 Å². The van der Waals surface area contributed by atoms with Gasteiger partial charge < -0.3 is 15.4 Å². The smallest absolute Gasteiger partial charge is 0.227 e. The van der Waals surface area contributed by atoms with Crippen LogP contribution < -0.4 is 15.4 Å². The first-order chi connectivity index (χ1) is 12.8. The lowest BCUT2D eigenvalue weighted by atomic mass is 9.85. The first-order valence-electron chi connectivity index (χ1n) is 9.01. The zero-order valence-electron chi connectivity index (χ0n) is 14.8. The molecule has 2 aromatic carbocycles. The molecule has 0 atom stereocenters. The van der Waals surface area contributed by atoms with Crippen LogP contribution in [0.15, 0.2) is 48.5 Å². The van der Waals surface area contributed by atoms with Crippen LogP contribution in [0.4, 0.5) is 5.69 Å². The van der Waals surface area contributed by atoms with Crippen LogP contribution in [0, 0.1) is 18.3 Å². The minimum atomic E-state index is 0.140. The van der Waals surface area contributed by atoms with Gasteiger partial charge in [0.25, 0.3) is 0 Å². The van der Waals surface area contributed by atoms with E-state index in [1.807, 2.05) is 48.5 Å². The van der Waals surface area contributed by atoms with Gasteiger partial charge in [0.1, 0.15) is 12.4 Å². The molecule has 0 spiro atoms. The minimum Gasteiger partial charge on any atom is -0.481 e. The molecule has 0 unspecified atom stereocenters. The van der Waals surface area contributed by atoms with Crippen molar-refractivity contribution in [3.8, 4) is 18.1 Å². The van der Waals surface area contributed by atoms with Crippen molar-refractivity contribution in [1.29, 1.82) is 0 Å². The van der Waals surface area contributed by atoms with E-state index >= 15 is 0 Å². The number of anilines is 1. The van der Waals surface area contributed by atoms with E-state index in [1.165, 1.54) is 0 Å². The molecular weight excluding hydrogens is 324 g/mol. The summed E-state index contributed by atoms with van der Waals surface area (Å²) in [6.45, 7) is 1.65. The Labute approximate surface area is 155 Å². The Morgan fingerprint density at radius 3 is 2.77 bits per heavy atom. The van der Waals surface area contributed by atoms with Gasteiger partial charge in [-0.15, -0.1) is 6.42 Å². The number of nitrogens with one attached hydrogen (secondary N) is 2. The number of hydrogen-bond donors (Lipinski definition) is 2. The number of para-hydroxylation sites is 1. The molecule has 26 heavy (non-hydrogen) atoms. The van der Waals surface area contributed by atoms with Gasteiger partial charge in [0, 0.05) is 30.3 Å². The molecule has 2 aromatic rings. The van der Waals surface area contributed by atoms with Gasteiger partial charge in [-0.1, -0.05) is 42.7 Å². The predicted octanol–water partition coefficient (Wildman–Crippen LogP) is 3.73. The third-order valence-electron chi connectivity index (χ3n) is 4.60. The number of rotatable bonds is 8. The van der Waals surface area contributed by atoms with Gasteiger partial charge in [-0.2, -0.15) is 0 Å². The number of carbonyl (C=O) groups excluding carboxylic acids is 1. The Hall–Kier alpha value is -2.77. The minimum absolute atomic E-state index is 0.140. The highest BCUT2D eigenvalue weighted by molar-refractivity contribution is 5.93. The van der Waals surface area contributed by atoms with Crippen LogP contribution in [0.5, 0.6) is 5.75 Å². The number of terminal acetylenes is 1. The van der Waals surface area contributed by atoms with E-state index in [9.17, 15) is 4.79 Å². The van der Waals surface area contributed by atoms with Gasteiger partial charge in [-0.25, -0.2) is 0 Å². The molecular formula is C22H24N2O2. The lowest BCUT2D eigenvalue weighted by Crippen LogP contribution is -2.28. The third kappa shape index (κ3) is 4.87. The maximum Gasteiger partial charge on any atom is 0.227 e. The van der Waals surface area contributed by atoms with Crippen molar-refractivity contribution < 1.29 is 9.53 Å². The maximum atomic E-state index is 12.1. The van der Waals surface area contributed by atoms with E-state index in [0.29, 0.717) is 13.1 Å². The summed E-state index contributed by atoms with van der Waals surface area (Å²) in [6.07, 6.45) is 8.44. The van der Waals surface area contributed by atoms with Crippen molar-refractivity contribution in [3.63, 3.8) is 0 Å². The molecule has 134 valence electrons. The summed E-state index contributed by atoms with van der Waals surface area (Å²) in [5, 5.41) is 6.44. The van der Waals surface area contributed by atoms with Gasteiger partial charge in [0.15, 0.2) is 0 Å². The van der Waals surface area contributed by atoms with E-state index < -0.39 is 0 Å². The fraction of sp³-hybridized carbons (Fsp3) is 0.318. The second-order valence-electron chi connectivity index (χ2n) is 6.52. The lowest BCUT2D eigenvalue weighted by Gasteiger charge is -2.24. The lowest BCUT2D eigenvalue weighted by molar-refractivity contribution is -0.122.